The number of nitrogens with one attached hydrogen (secondary N) is 2. The van der Waals surface area contributed by atoms with Crippen LogP contribution in [0.25, 0.3) is 0 Å². The van der Waals surface area contributed by atoms with Crippen molar-refractivity contribution in [3.8, 4) is 0 Å². The molecule has 1 amide bonds. The molecule has 0 spiro atoms. The van der Waals surface area contributed by atoms with Gasteiger partial charge in [-0.25, -0.2) is 4.79 Å². The van der Waals surface area contributed by atoms with Gasteiger partial charge in [-0.3, -0.25) is 4.79 Å². The fraction of sp³-hybridized carbons (Fsp3) is 0.467. The first-order chi connectivity index (χ1) is 9.29. The Morgan fingerprint density at radius 3 is 2.55 bits per heavy atom. The number of carboxylic acid groups (broad SMARTS) is 1. The van der Waals surface area contributed by atoms with Gasteiger partial charge < -0.3 is 15.7 Å². The molecular formula is C15H20N2O3. The molecule has 2 unspecified atom stereocenters. The molecule has 2 rings (SSSR count). The van der Waals surface area contributed by atoms with Crippen molar-refractivity contribution >= 4 is 17.6 Å². The highest BCUT2D eigenvalue weighted by atomic mass is 16.4. The van der Waals surface area contributed by atoms with Crippen LogP contribution in [-0.2, 0) is 16.0 Å². The Morgan fingerprint density at radius 2 is 2.00 bits per heavy atom. The van der Waals surface area contributed by atoms with Crippen LogP contribution in [0.4, 0.5) is 5.69 Å². The Morgan fingerprint density at radius 1 is 1.35 bits per heavy atom. The lowest BCUT2D eigenvalue weighted by Crippen LogP contribution is -2.53. The number of amides is 1. The number of rotatable bonds is 3. The van der Waals surface area contributed by atoms with E-state index in [9.17, 15) is 14.7 Å². The van der Waals surface area contributed by atoms with Crippen LogP contribution in [0.3, 0.4) is 0 Å². The lowest BCUT2D eigenvalue weighted by molar-refractivity contribution is -0.145. The van der Waals surface area contributed by atoms with Crippen molar-refractivity contribution < 1.29 is 14.7 Å². The lowest BCUT2D eigenvalue weighted by Gasteiger charge is -2.28. The van der Waals surface area contributed by atoms with Crippen molar-refractivity contribution in [1.29, 1.82) is 0 Å². The number of benzene rings is 1. The Hall–Kier alpha value is -2.04. The van der Waals surface area contributed by atoms with Gasteiger partial charge in [0.2, 0.25) is 5.91 Å². The van der Waals surface area contributed by atoms with Crippen LogP contribution >= 0.6 is 0 Å². The Labute approximate surface area is 118 Å². The van der Waals surface area contributed by atoms with E-state index in [-0.39, 0.29) is 5.91 Å². The van der Waals surface area contributed by atoms with Gasteiger partial charge in [-0.15, -0.1) is 0 Å². The Bertz CT molecular complexity index is 509. The predicted molar refractivity (Wildman–Crippen MR) is 76.6 cm³/mol. The maximum absolute atomic E-state index is 12.2. The van der Waals surface area contributed by atoms with Crippen molar-refractivity contribution in [2.24, 2.45) is 5.41 Å². The SMILES string of the molecule is CC(C)(C)C(NC(=O)C1Cc2ccccc2N1)C(=O)O. The minimum Gasteiger partial charge on any atom is -0.480 e. The number of hydrogen-bond acceptors (Lipinski definition) is 3. The summed E-state index contributed by atoms with van der Waals surface area (Å²) < 4.78 is 0. The van der Waals surface area contributed by atoms with Gasteiger partial charge in [-0.1, -0.05) is 39.0 Å². The first-order valence-electron chi connectivity index (χ1n) is 6.66. The molecule has 1 aromatic carbocycles. The first-order valence-corrected chi connectivity index (χ1v) is 6.66. The number of carbonyl (C=O) groups excluding carboxylic acids is 1. The van der Waals surface area contributed by atoms with Gasteiger partial charge in [-0.2, -0.15) is 0 Å². The number of para-hydroxylation sites is 1. The number of aliphatic carboxylic acids is 1. The summed E-state index contributed by atoms with van der Waals surface area (Å²) in [4.78, 5) is 23.5. The monoisotopic (exact) mass is 276 g/mol. The van der Waals surface area contributed by atoms with Crippen molar-refractivity contribution in [1.82, 2.24) is 5.32 Å². The first kappa shape index (κ1) is 14.4. The summed E-state index contributed by atoms with van der Waals surface area (Å²) in [6.45, 7) is 5.38. The van der Waals surface area contributed by atoms with Gasteiger partial charge in [0, 0.05) is 12.1 Å². The zero-order valence-corrected chi connectivity index (χ0v) is 11.9. The number of fused-ring (bicyclic) bond motifs is 1. The van der Waals surface area contributed by atoms with Crippen molar-refractivity contribution in [3.63, 3.8) is 0 Å². The molecule has 20 heavy (non-hydrogen) atoms. The van der Waals surface area contributed by atoms with Crippen LogP contribution in [-0.4, -0.2) is 29.1 Å². The molecule has 3 N–H and O–H groups in total. The molecule has 5 heteroatoms. The van der Waals surface area contributed by atoms with Crippen molar-refractivity contribution in [2.45, 2.75) is 39.3 Å². The Kier molecular flexibility index (Phi) is 3.70. The summed E-state index contributed by atoms with van der Waals surface area (Å²) in [7, 11) is 0. The highest BCUT2D eigenvalue weighted by Crippen LogP contribution is 2.26. The second kappa shape index (κ2) is 5.15. The minimum absolute atomic E-state index is 0.275. The van der Waals surface area contributed by atoms with Gasteiger partial charge >= 0.3 is 5.97 Å². The van der Waals surface area contributed by atoms with Crippen LogP contribution < -0.4 is 10.6 Å². The van der Waals surface area contributed by atoms with E-state index in [1.54, 1.807) is 20.8 Å². The topological polar surface area (TPSA) is 78.4 Å². The summed E-state index contributed by atoms with van der Waals surface area (Å²) in [5, 5.41) is 15.0. The van der Waals surface area contributed by atoms with E-state index < -0.39 is 23.5 Å². The molecule has 0 bridgehead atoms. The molecule has 0 aromatic heterocycles. The molecule has 1 aromatic rings. The minimum atomic E-state index is -1.01. The molecule has 2 atom stereocenters. The van der Waals surface area contributed by atoms with Crippen LogP contribution in [0.15, 0.2) is 24.3 Å². The van der Waals surface area contributed by atoms with Crippen molar-refractivity contribution in [2.75, 3.05) is 5.32 Å². The fourth-order valence-electron chi connectivity index (χ4n) is 2.35. The zero-order valence-electron chi connectivity index (χ0n) is 11.9. The number of hydrogen-bond donors (Lipinski definition) is 3. The molecule has 1 aliphatic rings. The molecule has 0 fully saturated rings. The normalized spacial score (nSPS) is 18.9. The second-order valence-corrected chi connectivity index (χ2v) is 6.20. The zero-order chi connectivity index (χ0) is 14.9. The standard InChI is InChI=1S/C15H20N2O3/c1-15(2,3)12(14(19)20)17-13(18)11-8-9-6-4-5-7-10(9)16-11/h4-7,11-12,16H,8H2,1-3H3,(H,17,18)(H,19,20). The molecule has 1 aliphatic heterocycles. The average Bonchev–Trinajstić information content (AvgIpc) is 2.77. The maximum Gasteiger partial charge on any atom is 0.326 e. The van der Waals surface area contributed by atoms with E-state index in [1.165, 1.54) is 0 Å². The summed E-state index contributed by atoms with van der Waals surface area (Å²) in [6.07, 6.45) is 0.582. The predicted octanol–water partition coefficient (Wildman–Crippen LogP) is 1.64. The third kappa shape index (κ3) is 2.92. The summed E-state index contributed by atoms with van der Waals surface area (Å²) in [5.41, 5.74) is 1.48. The number of anilines is 1. The quantitative estimate of drug-likeness (QED) is 0.784. The van der Waals surface area contributed by atoms with Crippen LogP contribution in [0.5, 0.6) is 0 Å². The largest absolute Gasteiger partial charge is 0.480 e. The summed E-state index contributed by atoms with van der Waals surface area (Å²) in [6, 6.07) is 6.41. The Balaban J connectivity index is 2.05. The third-order valence-corrected chi connectivity index (χ3v) is 3.49. The molecule has 0 saturated heterocycles. The molecule has 108 valence electrons. The fourth-order valence-corrected chi connectivity index (χ4v) is 2.35. The highest BCUT2D eigenvalue weighted by molar-refractivity contribution is 5.91. The van der Waals surface area contributed by atoms with Crippen LogP contribution in [0.1, 0.15) is 26.3 Å². The van der Waals surface area contributed by atoms with E-state index in [1.807, 2.05) is 24.3 Å². The third-order valence-electron chi connectivity index (χ3n) is 3.49. The van der Waals surface area contributed by atoms with Crippen molar-refractivity contribution in [3.05, 3.63) is 29.8 Å². The van der Waals surface area contributed by atoms with Gasteiger partial charge in [0.25, 0.3) is 0 Å². The summed E-state index contributed by atoms with van der Waals surface area (Å²) in [5.74, 6) is -1.29. The van der Waals surface area contributed by atoms with Gasteiger partial charge in [-0.05, 0) is 17.0 Å². The smallest absolute Gasteiger partial charge is 0.326 e. The molecule has 0 radical (unpaired) electrons. The average molecular weight is 276 g/mol. The maximum atomic E-state index is 12.2. The lowest BCUT2D eigenvalue weighted by atomic mass is 9.86. The van der Waals surface area contributed by atoms with E-state index in [4.69, 9.17) is 0 Å². The van der Waals surface area contributed by atoms with Crippen LogP contribution in [0, 0.1) is 5.41 Å². The number of carboxylic acids is 1. The van der Waals surface area contributed by atoms with Crippen LogP contribution in [0.2, 0.25) is 0 Å². The van der Waals surface area contributed by atoms with E-state index >= 15 is 0 Å². The number of carbonyl (C=O) groups is 2. The molecule has 0 saturated carbocycles. The van der Waals surface area contributed by atoms with E-state index in [2.05, 4.69) is 10.6 Å². The molecule has 5 nitrogen and oxygen atoms in total. The van der Waals surface area contributed by atoms with E-state index in [0.29, 0.717) is 6.42 Å². The summed E-state index contributed by atoms with van der Waals surface area (Å²) >= 11 is 0. The molecule has 1 heterocycles. The molecular weight excluding hydrogens is 256 g/mol. The second-order valence-electron chi connectivity index (χ2n) is 6.20. The van der Waals surface area contributed by atoms with E-state index in [0.717, 1.165) is 11.3 Å². The molecule has 0 aliphatic carbocycles. The highest BCUT2D eigenvalue weighted by Gasteiger charge is 2.35. The van der Waals surface area contributed by atoms with Gasteiger partial charge in [0.1, 0.15) is 12.1 Å². The van der Waals surface area contributed by atoms with Gasteiger partial charge in [0.15, 0.2) is 0 Å². The van der Waals surface area contributed by atoms with Gasteiger partial charge in [0.05, 0.1) is 0 Å².